The maximum Gasteiger partial charge on any atom is 0.272 e. The molecule has 4 nitrogen and oxygen atoms in total. The molecule has 2 rings (SSSR count). The fraction of sp³-hybridized carbons (Fsp3) is 0.200. The second kappa shape index (κ2) is 5.69. The van der Waals surface area contributed by atoms with E-state index in [1.807, 2.05) is 32.0 Å². The van der Waals surface area contributed by atoms with Crippen LogP contribution in [0.5, 0.6) is 5.75 Å². The molecular weight excluding hydrogens is 261 g/mol. The molecule has 104 valence electrons. The van der Waals surface area contributed by atoms with Crippen molar-refractivity contribution in [2.45, 2.75) is 20.5 Å². The highest BCUT2D eigenvalue weighted by Gasteiger charge is 2.12. The van der Waals surface area contributed by atoms with Crippen LogP contribution in [0.15, 0.2) is 36.4 Å². The van der Waals surface area contributed by atoms with Gasteiger partial charge < -0.3 is 4.74 Å². The number of aryl methyl sites for hydroxylation is 2. The molecule has 0 amide bonds. The number of ether oxygens (including phenoxy) is 1. The molecule has 0 saturated heterocycles. The molecule has 0 atom stereocenters. The van der Waals surface area contributed by atoms with E-state index in [0.717, 1.165) is 22.8 Å². The Balaban J connectivity index is 2.15. The van der Waals surface area contributed by atoms with E-state index in [4.69, 9.17) is 4.74 Å². The zero-order chi connectivity index (χ0) is 14.7. The van der Waals surface area contributed by atoms with E-state index < -0.39 is 10.7 Å². The highest BCUT2D eigenvalue weighted by Crippen LogP contribution is 2.24. The molecule has 0 aliphatic heterocycles. The lowest BCUT2D eigenvalue weighted by atomic mass is 10.1. The average Bonchev–Trinajstić information content (AvgIpc) is 2.40. The Kier molecular flexibility index (Phi) is 3.98. The Hall–Kier alpha value is -2.43. The van der Waals surface area contributed by atoms with Crippen LogP contribution in [0.2, 0.25) is 0 Å². The zero-order valence-corrected chi connectivity index (χ0v) is 11.2. The minimum atomic E-state index is -0.732. The molecule has 0 aliphatic carbocycles. The first-order valence-electron chi connectivity index (χ1n) is 6.10. The largest absolute Gasteiger partial charge is 0.486 e. The average molecular weight is 275 g/mol. The summed E-state index contributed by atoms with van der Waals surface area (Å²) in [6.07, 6.45) is 0. The maximum atomic E-state index is 13.7. The molecule has 0 heterocycles. The first-order chi connectivity index (χ1) is 9.47. The molecule has 2 aromatic rings. The molecule has 0 aliphatic rings. The molecule has 0 fully saturated rings. The van der Waals surface area contributed by atoms with Crippen molar-refractivity contribution in [1.29, 1.82) is 0 Å². The van der Waals surface area contributed by atoms with E-state index >= 15 is 0 Å². The van der Waals surface area contributed by atoms with Gasteiger partial charge in [0, 0.05) is 6.07 Å². The number of nitrogens with zero attached hydrogens (tertiary/aromatic N) is 1. The third kappa shape index (κ3) is 3.12. The fourth-order valence-electron chi connectivity index (χ4n) is 1.83. The molecule has 0 radical (unpaired) electrons. The Bertz CT molecular complexity index is 656. The van der Waals surface area contributed by atoms with Crippen LogP contribution in [-0.2, 0) is 6.61 Å². The molecular formula is C15H14FNO3. The van der Waals surface area contributed by atoms with Crippen molar-refractivity contribution in [3.63, 3.8) is 0 Å². The number of halogens is 1. The lowest BCUT2D eigenvalue weighted by Gasteiger charge is -2.10. The summed E-state index contributed by atoms with van der Waals surface area (Å²) >= 11 is 0. The van der Waals surface area contributed by atoms with Crippen LogP contribution in [0.3, 0.4) is 0 Å². The Morgan fingerprint density at radius 2 is 1.95 bits per heavy atom. The van der Waals surface area contributed by atoms with Gasteiger partial charge in [0.2, 0.25) is 0 Å². The number of hydrogen-bond acceptors (Lipinski definition) is 3. The number of hydrogen-bond donors (Lipinski definition) is 0. The summed E-state index contributed by atoms with van der Waals surface area (Å²) in [5, 5.41) is 10.5. The predicted octanol–water partition coefficient (Wildman–Crippen LogP) is 3.93. The molecule has 0 bridgehead atoms. The first kappa shape index (κ1) is 14.0. The van der Waals surface area contributed by atoms with Gasteiger partial charge in [-0.25, -0.2) is 4.39 Å². The van der Waals surface area contributed by atoms with Crippen molar-refractivity contribution >= 4 is 5.69 Å². The van der Waals surface area contributed by atoms with Crippen LogP contribution < -0.4 is 4.74 Å². The van der Waals surface area contributed by atoms with Crippen LogP contribution in [0.1, 0.15) is 16.7 Å². The first-order valence-corrected chi connectivity index (χ1v) is 6.10. The number of benzene rings is 2. The normalized spacial score (nSPS) is 10.3. The van der Waals surface area contributed by atoms with E-state index in [1.54, 1.807) is 0 Å². The smallest absolute Gasteiger partial charge is 0.272 e. The number of rotatable bonds is 4. The van der Waals surface area contributed by atoms with Gasteiger partial charge in [0.1, 0.15) is 6.61 Å². The van der Waals surface area contributed by atoms with Crippen LogP contribution >= 0.6 is 0 Å². The lowest BCUT2D eigenvalue weighted by Crippen LogP contribution is -2.00. The van der Waals surface area contributed by atoms with Crippen molar-refractivity contribution in [2.75, 3.05) is 0 Å². The second-order valence-corrected chi connectivity index (χ2v) is 4.59. The van der Waals surface area contributed by atoms with Crippen LogP contribution in [0, 0.1) is 29.8 Å². The maximum absolute atomic E-state index is 13.7. The van der Waals surface area contributed by atoms with Gasteiger partial charge in [-0.05, 0) is 31.0 Å². The second-order valence-electron chi connectivity index (χ2n) is 4.59. The predicted molar refractivity (Wildman–Crippen MR) is 73.3 cm³/mol. The van der Waals surface area contributed by atoms with E-state index in [0.29, 0.717) is 0 Å². The zero-order valence-electron chi connectivity index (χ0n) is 11.2. The summed E-state index contributed by atoms with van der Waals surface area (Å²) in [7, 11) is 0. The molecule has 0 spiro atoms. The number of nitro benzene ring substituents is 1. The Morgan fingerprint density at radius 1 is 1.20 bits per heavy atom. The third-order valence-corrected chi connectivity index (χ3v) is 3.01. The monoisotopic (exact) mass is 275 g/mol. The Morgan fingerprint density at radius 3 is 2.60 bits per heavy atom. The summed E-state index contributed by atoms with van der Waals surface area (Å²) in [5.74, 6) is -0.721. The van der Waals surface area contributed by atoms with Gasteiger partial charge >= 0.3 is 0 Å². The number of nitro groups is 1. The van der Waals surface area contributed by atoms with Gasteiger partial charge in [-0.1, -0.05) is 23.8 Å². The molecule has 0 unspecified atom stereocenters. The van der Waals surface area contributed by atoms with Gasteiger partial charge in [0.25, 0.3) is 5.69 Å². The van der Waals surface area contributed by atoms with Crippen molar-refractivity contribution in [1.82, 2.24) is 0 Å². The summed E-state index contributed by atoms with van der Waals surface area (Å²) < 4.78 is 19.1. The molecule has 20 heavy (non-hydrogen) atoms. The van der Waals surface area contributed by atoms with Crippen LogP contribution in [0.4, 0.5) is 10.1 Å². The summed E-state index contributed by atoms with van der Waals surface area (Å²) in [5.41, 5.74) is 2.82. The van der Waals surface area contributed by atoms with Gasteiger partial charge in [-0.3, -0.25) is 10.1 Å². The summed E-state index contributed by atoms with van der Waals surface area (Å²) in [6, 6.07) is 9.29. The van der Waals surface area contributed by atoms with E-state index in [9.17, 15) is 14.5 Å². The molecule has 5 heteroatoms. The highest BCUT2D eigenvalue weighted by molar-refractivity contribution is 5.38. The molecule has 2 aromatic carbocycles. The van der Waals surface area contributed by atoms with Crippen LogP contribution in [-0.4, -0.2) is 4.92 Å². The van der Waals surface area contributed by atoms with Gasteiger partial charge in [-0.2, -0.15) is 0 Å². The van der Waals surface area contributed by atoms with Gasteiger partial charge in [0.15, 0.2) is 11.6 Å². The summed E-state index contributed by atoms with van der Waals surface area (Å²) in [4.78, 5) is 9.88. The summed E-state index contributed by atoms with van der Waals surface area (Å²) in [6.45, 7) is 4.14. The van der Waals surface area contributed by atoms with Crippen LogP contribution in [0.25, 0.3) is 0 Å². The van der Waals surface area contributed by atoms with Crippen molar-refractivity contribution in [2.24, 2.45) is 0 Å². The minimum absolute atomic E-state index is 0.0107. The quantitative estimate of drug-likeness (QED) is 0.627. The highest BCUT2D eigenvalue weighted by atomic mass is 19.1. The minimum Gasteiger partial charge on any atom is -0.486 e. The van der Waals surface area contributed by atoms with Gasteiger partial charge in [-0.15, -0.1) is 0 Å². The Labute approximate surface area is 116 Å². The van der Waals surface area contributed by atoms with Crippen molar-refractivity contribution in [3.05, 3.63) is 69.0 Å². The molecule has 0 aromatic heterocycles. The molecule has 0 saturated carbocycles. The van der Waals surface area contributed by atoms with E-state index in [2.05, 4.69) is 0 Å². The SMILES string of the molecule is Cc1ccc(C)c(COc2ccc([N+](=O)[O-])cc2F)c1. The number of non-ortho nitro benzene ring substituents is 1. The van der Waals surface area contributed by atoms with E-state index in [1.165, 1.54) is 12.1 Å². The topological polar surface area (TPSA) is 52.4 Å². The van der Waals surface area contributed by atoms with Crippen molar-refractivity contribution in [3.8, 4) is 5.75 Å². The lowest BCUT2D eigenvalue weighted by molar-refractivity contribution is -0.385. The molecule has 0 N–H and O–H groups in total. The van der Waals surface area contributed by atoms with E-state index in [-0.39, 0.29) is 18.0 Å². The van der Waals surface area contributed by atoms with Crippen molar-refractivity contribution < 1.29 is 14.1 Å². The third-order valence-electron chi connectivity index (χ3n) is 3.01. The van der Waals surface area contributed by atoms with Gasteiger partial charge in [0.05, 0.1) is 11.0 Å². The fourth-order valence-corrected chi connectivity index (χ4v) is 1.83. The standard InChI is InChI=1S/C15H14FNO3/c1-10-3-4-11(2)12(7-10)9-20-15-6-5-13(17(18)19)8-14(15)16/h3-8H,9H2,1-2H3.